The second-order valence-electron chi connectivity index (χ2n) is 6.82. The van der Waals surface area contributed by atoms with E-state index in [0.717, 1.165) is 25.2 Å². The molecule has 1 aliphatic rings. The van der Waals surface area contributed by atoms with Crippen molar-refractivity contribution in [1.82, 2.24) is 9.55 Å². The predicted octanol–water partition coefficient (Wildman–Crippen LogP) is 4.83. The maximum Gasteiger partial charge on any atom is 0.262 e. The minimum absolute atomic E-state index is 0.0283. The Labute approximate surface area is 167 Å². The summed E-state index contributed by atoms with van der Waals surface area (Å²) in [5.74, 6) is 0.761. The van der Waals surface area contributed by atoms with Crippen molar-refractivity contribution in [1.29, 1.82) is 0 Å². The fourth-order valence-corrected chi connectivity index (χ4v) is 4.60. The van der Waals surface area contributed by atoms with Crippen molar-refractivity contribution in [3.8, 4) is 0 Å². The minimum Gasteiger partial charge on any atom is -0.376 e. The summed E-state index contributed by atoms with van der Waals surface area (Å²) in [4.78, 5) is 17.9. The van der Waals surface area contributed by atoms with Crippen molar-refractivity contribution in [2.45, 2.75) is 43.3 Å². The molecule has 2 aromatic carbocycles. The third-order valence-corrected chi connectivity index (χ3v) is 6.17. The van der Waals surface area contributed by atoms with Crippen LogP contribution in [-0.4, -0.2) is 22.3 Å². The van der Waals surface area contributed by atoms with Crippen LogP contribution in [0, 0.1) is 6.92 Å². The van der Waals surface area contributed by atoms with Gasteiger partial charge in [0.05, 0.1) is 23.6 Å². The molecule has 4 rings (SSSR count). The number of rotatable bonds is 5. The lowest BCUT2D eigenvalue weighted by molar-refractivity contribution is 0.0937. The van der Waals surface area contributed by atoms with E-state index < -0.39 is 0 Å². The van der Waals surface area contributed by atoms with Gasteiger partial charge in [-0.05, 0) is 49.1 Å². The van der Waals surface area contributed by atoms with Gasteiger partial charge in [0, 0.05) is 17.4 Å². The molecule has 1 saturated heterocycles. The first-order valence-corrected chi connectivity index (χ1v) is 10.5. The molecule has 0 N–H and O–H groups in total. The molecular weight excluding hydrogens is 380 g/mol. The second-order valence-corrected chi connectivity index (χ2v) is 8.20. The quantitative estimate of drug-likeness (QED) is 0.454. The molecule has 0 aliphatic carbocycles. The molecule has 1 aliphatic heterocycles. The molecule has 2 heterocycles. The number of nitrogens with zero attached hydrogens (tertiary/aromatic N) is 2. The highest BCUT2D eigenvalue weighted by Gasteiger charge is 2.20. The maximum absolute atomic E-state index is 13.1. The van der Waals surface area contributed by atoms with Gasteiger partial charge in [-0.3, -0.25) is 9.36 Å². The second kappa shape index (κ2) is 8.05. The topological polar surface area (TPSA) is 44.1 Å². The van der Waals surface area contributed by atoms with Gasteiger partial charge in [-0.15, -0.1) is 0 Å². The van der Waals surface area contributed by atoms with Gasteiger partial charge in [-0.1, -0.05) is 47.6 Å². The molecule has 1 aromatic heterocycles. The number of aryl methyl sites for hydroxylation is 1. The standard InChI is InChI=1S/C21H21ClN2O2S/c1-14-5-2-3-6-15(14)13-27-21-23-19-11-16(22)8-9-18(19)20(25)24(21)12-17-7-4-10-26-17/h2-3,5-6,8-9,11,17H,4,7,10,12-13H2,1H3/t17-/m1/s1. The Morgan fingerprint density at radius 3 is 2.93 bits per heavy atom. The van der Waals surface area contributed by atoms with Crippen LogP contribution in [0.15, 0.2) is 52.4 Å². The van der Waals surface area contributed by atoms with Crippen LogP contribution in [0.25, 0.3) is 10.9 Å². The van der Waals surface area contributed by atoms with Crippen molar-refractivity contribution in [2.24, 2.45) is 0 Å². The van der Waals surface area contributed by atoms with Gasteiger partial charge in [-0.25, -0.2) is 4.98 Å². The minimum atomic E-state index is -0.0283. The van der Waals surface area contributed by atoms with Gasteiger partial charge >= 0.3 is 0 Å². The van der Waals surface area contributed by atoms with E-state index in [4.69, 9.17) is 21.3 Å². The van der Waals surface area contributed by atoms with Gasteiger partial charge < -0.3 is 4.74 Å². The van der Waals surface area contributed by atoms with E-state index in [1.807, 2.05) is 12.1 Å². The SMILES string of the molecule is Cc1ccccc1CSc1nc2cc(Cl)ccc2c(=O)n1C[C@H]1CCCO1. The normalized spacial score (nSPS) is 16.9. The highest BCUT2D eigenvalue weighted by Crippen LogP contribution is 2.26. The molecule has 1 fully saturated rings. The van der Waals surface area contributed by atoms with E-state index in [2.05, 4.69) is 19.1 Å². The summed E-state index contributed by atoms with van der Waals surface area (Å²) in [6.07, 6.45) is 2.10. The Balaban J connectivity index is 1.73. The Morgan fingerprint density at radius 2 is 2.15 bits per heavy atom. The van der Waals surface area contributed by atoms with Crippen molar-refractivity contribution >= 4 is 34.3 Å². The fraction of sp³-hybridized carbons (Fsp3) is 0.333. The zero-order valence-electron chi connectivity index (χ0n) is 15.2. The Morgan fingerprint density at radius 1 is 1.30 bits per heavy atom. The average Bonchev–Trinajstić information content (AvgIpc) is 3.17. The van der Waals surface area contributed by atoms with Crippen LogP contribution in [-0.2, 0) is 17.0 Å². The van der Waals surface area contributed by atoms with Gasteiger partial charge in [-0.2, -0.15) is 0 Å². The lowest BCUT2D eigenvalue weighted by atomic mass is 10.1. The van der Waals surface area contributed by atoms with E-state index in [1.165, 1.54) is 11.1 Å². The predicted molar refractivity (Wildman–Crippen MR) is 111 cm³/mol. The first-order valence-electron chi connectivity index (χ1n) is 9.11. The first kappa shape index (κ1) is 18.5. The smallest absolute Gasteiger partial charge is 0.262 e. The van der Waals surface area contributed by atoms with Crippen LogP contribution < -0.4 is 5.56 Å². The molecule has 4 nitrogen and oxygen atoms in total. The Bertz CT molecular complexity index is 1030. The van der Waals surface area contributed by atoms with Gasteiger partial charge in [0.15, 0.2) is 5.16 Å². The number of hydrogen-bond acceptors (Lipinski definition) is 4. The monoisotopic (exact) mass is 400 g/mol. The number of aromatic nitrogens is 2. The van der Waals surface area contributed by atoms with Crippen LogP contribution in [0.2, 0.25) is 5.02 Å². The van der Waals surface area contributed by atoms with Gasteiger partial charge in [0.25, 0.3) is 5.56 Å². The molecule has 6 heteroatoms. The third kappa shape index (κ3) is 4.05. The van der Waals surface area contributed by atoms with Crippen LogP contribution >= 0.6 is 23.4 Å². The highest BCUT2D eigenvalue weighted by atomic mass is 35.5. The molecular formula is C21H21ClN2O2S. The fourth-order valence-electron chi connectivity index (χ4n) is 3.35. The highest BCUT2D eigenvalue weighted by molar-refractivity contribution is 7.98. The average molecular weight is 401 g/mol. The number of fused-ring (bicyclic) bond motifs is 1. The molecule has 27 heavy (non-hydrogen) atoms. The summed E-state index contributed by atoms with van der Waals surface area (Å²) in [6, 6.07) is 13.5. The van der Waals surface area contributed by atoms with Gasteiger partial charge in [0.1, 0.15) is 0 Å². The molecule has 140 valence electrons. The Hall–Kier alpha value is -1.82. The van der Waals surface area contributed by atoms with E-state index in [-0.39, 0.29) is 11.7 Å². The number of thioether (sulfide) groups is 1. The zero-order valence-corrected chi connectivity index (χ0v) is 16.7. The van der Waals surface area contributed by atoms with Crippen LogP contribution in [0.1, 0.15) is 24.0 Å². The van der Waals surface area contributed by atoms with Crippen LogP contribution in [0.5, 0.6) is 0 Å². The molecule has 0 saturated carbocycles. The van der Waals surface area contributed by atoms with Gasteiger partial charge in [0.2, 0.25) is 0 Å². The maximum atomic E-state index is 13.1. The molecule has 0 bridgehead atoms. The summed E-state index contributed by atoms with van der Waals surface area (Å²) in [5.41, 5.74) is 3.09. The Kier molecular flexibility index (Phi) is 5.53. The van der Waals surface area contributed by atoms with E-state index in [0.29, 0.717) is 27.6 Å². The number of hydrogen-bond donors (Lipinski definition) is 0. The lowest BCUT2D eigenvalue weighted by Gasteiger charge is -2.17. The number of benzene rings is 2. The largest absolute Gasteiger partial charge is 0.376 e. The molecule has 0 unspecified atom stereocenters. The summed E-state index contributed by atoms with van der Waals surface area (Å²) < 4.78 is 7.54. The van der Waals surface area contributed by atoms with Crippen LogP contribution in [0.4, 0.5) is 0 Å². The van der Waals surface area contributed by atoms with Crippen LogP contribution in [0.3, 0.4) is 0 Å². The summed E-state index contributed by atoms with van der Waals surface area (Å²) >= 11 is 7.70. The molecule has 1 atom stereocenters. The molecule has 0 spiro atoms. The zero-order chi connectivity index (χ0) is 18.8. The number of halogens is 1. The molecule has 3 aromatic rings. The van der Waals surface area contributed by atoms with E-state index in [9.17, 15) is 4.79 Å². The van der Waals surface area contributed by atoms with Crippen molar-refractivity contribution in [3.05, 3.63) is 69.0 Å². The summed E-state index contributed by atoms with van der Waals surface area (Å²) in [7, 11) is 0. The summed E-state index contributed by atoms with van der Waals surface area (Å²) in [6.45, 7) is 3.41. The molecule has 0 amide bonds. The third-order valence-electron chi connectivity index (χ3n) is 4.91. The van der Waals surface area contributed by atoms with E-state index in [1.54, 1.807) is 34.5 Å². The van der Waals surface area contributed by atoms with Crippen molar-refractivity contribution in [3.63, 3.8) is 0 Å². The first-order chi connectivity index (χ1) is 13.1. The van der Waals surface area contributed by atoms with E-state index >= 15 is 0 Å². The van der Waals surface area contributed by atoms with Crippen molar-refractivity contribution in [2.75, 3.05) is 6.61 Å². The summed E-state index contributed by atoms with van der Waals surface area (Å²) in [5, 5.41) is 1.90. The van der Waals surface area contributed by atoms with Crippen molar-refractivity contribution < 1.29 is 4.74 Å². The lowest BCUT2D eigenvalue weighted by Crippen LogP contribution is -2.28. The number of ether oxygens (including phenoxy) is 1. The molecule has 0 radical (unpaired) electrons.